The van der Waals surface area contributed by atoms with Gasteiger partial charge >= 0.3 is 0 Å². The van der Waals surface area contributed by atoms with Crippen molar-refractivity contribution in [1.82, 2.24) is 4.90 Å². The molecule has 0 radical (unpaired) electrons. The van der Waals surface area contributed by atoms with Crippen molar-refractivity contribution in [3.63, 3.8) is 0 Å². The van der Waals surface area contributed by atoms with Crippen LogP contribution in [0.25, 0.3) is 0 Å². The Balaban J connectivity index is 1.97. The Bertz CT molecular complexity index is 368. The maximum atomic E-state index is 5.98. The van der Waals surface area contributed by atoms with Gasteiger partial charge in [-0.05, 0) is 43.1 Å². The average molecular weight is 259 g/mol. The summed E-state index contributed by atoms with van der Waals surface area (Å²) in [4.78, 5) is 2.41. The van der Waals surface area contributed by atoms with Crippen LogP contribution in [0.5, 0.6) is 0 Å². The van der Waals surface area contributed by atoms with Gasteiger partial charge in [-0.15, -0.1) is 0 Å². The van der Waals surface area contributed by atoms with Gasteiger partial charge in [0.15, 0.2) is 0 Å². The van der Waals surface area contributed by atoms with Crippen LogP contribution in [-0.4, -0.2) is 24.5 Å². The van der Waals surface area contributed by atoms with Crippen LogP contribution in [0.3, 0.4) is 0 Å². The van der Waals surface area contributed by atoms with E-state index in [-0.39, 0.29) is 0 Å². The molecule has 1 heterocycles. The second-order valence-corrected chi connectivity index (χ2v) is 5.19. The minimum absolute atomic E-state index is 0.617. The standard InChI is InChI=1S/C12H16Cl2N2/c13-11-2-1-9(5-12(11)14)7-16-4-3-10(6-15)8-16/h1-2,5,10H,3-4,6-8,15H2/t10-/m0/s1. The van der Waals surface area contributed by atoms with Gasteiger partial charge in [-0.2, -0.15) is 0 Å². The SMILES string of the molecule is NC[C@@H]1CCN(Cc2ccc(Cl)c(Cl)c2)C1. The van der Waals surface area contributed by atoms with E-state index in [1.807, 2.05) is 18.2 Å². The first-order valence-electron chi connectivity index (χ1n) is 5.55. The van der Waals surface area contributed by atoms with E-state index >= 15 is 0 Å². The number of likely N-dealkylation sites (tertiary alicyclic amines) is 1. The lowest BCUT2D eigenvalue weighted by molar-refractivity contribution is 0.318. The summed E-state index contributed by atoms with van der Waals surface area (Å²) < 4.78 is 0. The highest BCUT2D eigenvalue weighted by Gasteiger charge is 2.20. The molecule has 1 aliphatic heterocycles. The van der Waals surface area contributed by atoms with E-state index in [0.29, 0.717) is 16.0 Å². The van der Waals surface area contributed by atoms with Crippen LogP contribution in [0.4, 0.5) is 0 Å². The van der Waals surface area contributed by atoms with Crippen molar-refractivity contribution < 1.29 is 0 Å². The first kappa shape index (κ1) is 12.2. The van der Waals surface area contributed by atoms with Gasteiger partial charge in [0.25, 0.3) is 0 Å². The lowest BCUT2D eigenvalue weighted by atomic mass is 10.1. The Morgan fingerprint density at radius 3 is 2.75 bits per heavy atom. The fourth-order valence-corrected chi connectivity index (χ4v) is 2.47. The van der Waals surface area contributed by atoms with Gasteiger partial charge < -0.3 is 5.73 Å². The molecule has 0 unspecified atom stereocenters. The number of nitrogens with zero attached hydrogens (tertiary/aromatic N) is 1. The molecule has 1 fully saturated rings. The van der Waals surface area contributed by atoms with Crippen LogP contribution >= 0.6 is 23.2 Å². The fourth-order valence-electron chi connectivity index (χ4n) is 2.15. The lowest BCUT2D eigenvalue weighted by Gasteiger charge is -2.15. The van der Waals surface area contributed by atoms with Crippen LogP contribution in [0, 0.1) is 5.92 Å². The van der Waals surface area contributed by atoms with Crippen molar-refractivity contribution in [2.45, 2.75) is 13.0 Å². The Kier molecular flexibility index (Phi) is 4.09. The Morgan fingerprint density at radius 1 is 1.31 bits per heavy atom. The summed E-state index contributed by atoms with van der Waals surface area (Å²) in [5.41, 5.74) is 6.88. The Labute approximate surface area is 106 Å². The normalized spacial score (nSPS) is 21.6. The molecule has 1 aliphatic rings. The van der Waals surface area contributed by atoms with Crippen LogP contribution in [0.2, 0.25) is 10.0 Å². The largest absolute Gasteiger partial charge is 0.330 e. The first-order chi connectivity index (χ1) is 7.69. The average Bonchev–Trinajstić information content (AvgIpc) is 2.71. The van der Waals surface area contributed by atoms with E-state index in [4.69, 9.17) is 28.9 Å². The summed E-state index contributed by atoms with van der Waals surface area (Å²) in [6.07, 6.45) is 1.21. The maximum Gasteiger partial charge on any atom is 0.0595 e. The maximum absolute atomic E-state index is 5.98. The summed E-state index contributed by atoms with van der Waals surface area (Å²) in [6, 6.07) is 5.83. The molecule has 16 heavy (non-hydrogen) atoms. The van der Waals surface area contributed by atoms with Crippen molar-refractivity contribution in [3.05, 3.63) is 33.8 Å². The minimum Gasteiger partial charge on any atom is -0.330 e. The van der Waals surface area contributed by atoms with Gasteiger partial charge in [0.2, 0.25) is 0 Å². The minimum atomic E-state index is 0.617. The first-order valence-corrected chi connectivity index (χ1v) is 6.31. The molecule has 88 valence electrons. The summed E-state index contributed by atoms with van der Waals surface area (Å²) in [5.74, 6) is 0.655. The topological polar surface area (TPSA) is 29.3 Å². The zero-order valence-electron chi connectivity index (χ0n) is 9.13. The van der Waals surface area contributed by atoms with Crippen molar-refractivity contribution >= 4 is 23.2 Å². The molecular formula is C12H16Cl2N2. The molecule has 0 amide bonds. The highest BCUT2D eigenvalue weighted by molar-refractivity contribution is 6.42. The van der Waals surface area contributed by atoms with Crippen LogP contribution < -0.4 is 5.73 Å². The molecule has 0 bridgehead atoms. The summed E-state index contributed by atoms with van der Waals surface area (Å²) in [5, 5.41) is 1.25. The third kappa shape index (κ3) is 2.89. The quantitative estimate of drug-likeness (QED) is 0.904. The van der Waals surface area contributed by atoms with Crippen LogP contribution in [-0.2, 0) is 6.54 Å². The fraction of sp³-hybridized carbons (Fsp3) is 0.500. The van der Waals surface area contributed by atoms with Gasteiger partial charge in [-0.3, -0.25) is 4.90 Å². The second-order valence-electron chi connectivity index (χ2n) is 4.37. The van der Waals surface area contributed by atoms with E-state index in [9.17, 15) is 0 Å². The second kappa shape index (κ2) is 5.37. The third-order valence-electron chi connectivity index (χ3n) is 3.09. The molecule has 2 N–H and O–H groups in total. The number of benzene rings is 1. The summed E-state index contributed by atoms with van der Waals surface area (Å²) in [7, 11) is 0. The van der Waals surface area contributed by atoms with Crippen molar-refractivity contribution in [3.8, 4) is 0 Å². The third-order valence-corrected chi connectivity index (χ3v) is 3.83. The number of halogens is 2. The van der Waals surface area contributed by atoms with E-state index in [1.165, 1.54) is 12.0 Å². The highest BCUT2D eigenvalue weighted by Crippen LogP contribution is 2.24. The van der Waals surface area contributed by atoms with Crippen LogP contribution in [0.1, 0.15) is 12.0 Å². The smallest absolute Gasteiger partial charge is 0.0595 e. The molecule has 0 aliphatic carbocycles. The molecular weight excluding hydrogens is 243 g/mol. The predicted octanol–water partition coefficient (Wildman–Crippen LogP) is 2.77. The zero-order valence-corrected chi connectivity index (χ0v) is 10.6. The van der Waals surface area contributed by atoms with Crippen molar-refractivity contribution in [2.24, 2.45) is 11.7 Å². The molecule has 1 atom stereocenters. The number of nitrogens with two attached hydrogens (primary N) is 1. The summed E-state index contributed by atoms with van der Waals surface area (Å²) in [6.45, 7) is 3.95. The van der Waals surface area contributed by atoms with E-state index in [2.05, 4.69) is 4.90 Å². The molecule has 1 aromatic rings. The number of rotatable bonds is 3. The number of hydrogen-bond donors (Lipinski definition) is 1. The Morgan fingerprint density at radius 2 is 2.12 bits per heavy atom. The highest BCUT2D eigenvalue weighted by atomic mass is 35.5. The van der Waals surface area contributed by atoms with E-state index < -0.39 is 0 Å². The molecule has 0 saturated carbocycles. The molecule has 2 rings (SSSR count). The van der Waals surface area contributed by atoms with Gasteiger partial charge in [0, 0.05) is 13.1 Å². The molecule has 4 heteroatoms. The lowest BCUT2D eigenvalue weighted by Crippen LogP contribution is -2.22. The molecule has 2 nitrogen and oxygen atoms in total. The predicted molar refractivity (Wildman–Crippen MR) is 68.9 cm³/mol. The zero-order chi connectivity index (χ0) is 11.5. The summed E-state index contributed by atoms with van der Waals surface area (Å²) >= 11 is 11.9. The molecule has 0 spiro atoms. The van der Waals surface area contributed by atoms with Gasteiger partial charge in [0.05, 0.1) is 10.0 Å². The van der Waals surface area contributed by atoms with Gasteiger partial charge in [-0.1, -0.05) is 29.3 Å². The molecule has 0 aromatic heterocycles. The monoisotopic (exact) mass is 258 g/mol. The van der Waals surface area contributed by atoms with Gasteiger partial charge in [0.1, 0.15) is 0 Å². The molecule has 1 aromatic carbocycles. The number of hydrogen-bond acceptors (Lipinski definition) is 2. The van der Waals surface area contributed by atoms with Crippen molar-refractivity contribution in [2.75, 3.05) is 19.6 Å². The van der Waals surface area contributed by atoms with E-state index in [1.54, 1.807) is 0 Å². The Hall–Kier alpha value is -0.280. The van der Waals surface area contributed by atoms with E-state index in [0.717, 1.165) is 26.2 Å². The van der Waals surface area contributed by atoms with Crippen LogP contribution in [0.15, 0.2) is 18.2 Å². The van der Waals surface area contributed by atoms with Gasteiger partial charge in [-0.25, -0.2) is 0 Å². The van der Waals surface area contributed by atoms with Crippen molar-refractivity contribution in [1.29, 1.82) is 0 Å². The molecule has 1 saturated heterocycles.